The van der Waals surface area contributed by atoms with Crippen LogP contribution in [0.2, 0.25) is 0 Å². The van der Waals surface area contributed by atoms with Crippen molar-refractivity contribution in [2.45, 2.75) is 32.6 Å². The Morgan fingerprint density at radius 3 is 2.86 bits per heavy atom. The number of benzene rings is 1. The van der Waals surface area contributed by atoms with Crippen molar-refractivity contribution < 1.29 is 14.6 Å². The first-order valence-corrected chi connectivity index (χ1v) is 7.19. The summed E-state index contributed by atoms with van der Waals surface area (Å²) in [5.41, 5.74) is 1.66. The van der Waals surface area contributed by atoms with E-state index < -0.39 is 6.10 Å². The van der Waals surface area contributed by atoms with Gasteiger partial charge in [-0.2, -0.15) is 5.26 Å². The van der Waals surface area contributed by atoms with Gasteiger partial charge in [0, 0.05) is 13.1 Å². The van der Waals surface area contributed by atoms with Gasteiger partial charge in [-0.15, -0.1) is 0 Å². The maximum atomic E-state index is 9.76. The van der Waals surface area contributed by atoms with Gasteiger partial charge in [0.25, 0.3) is 0 Å². The number of nitrogens with one attached hydrogen (secondary N) is 1. The molecule has 0 aromatic heterocycles. The van der Waals surface area contributed by atoms with E-state index in [1.54, 1.807) is 6.07 Å². The first kappa shape index (κ1) is 17.6. The number of nitriles is 1. The van der Waals surface area contributed by atoms with Crippen molar-refractivity contribution in [1.29, 1.82) is 5.26 Å². The van der Waals surface area contributed by atoms with Gasteiger partial charge in [0.15, 0.2) is 0 Å². The lowest BCUT2D eigenvalue weighted by atomic mass is 10.1. The second kappa shape index (κ2) is 10.3. The summed E-state index contributed by atoms with van der Waals surface area (Å²) in [5, 5.41) is 21.7. The summed E-state index contributed by atoms with van der Waals surface area (Å²) in [6.07, 6.45) is -0.354. The molecule has 0 amide bonds. The number of aliphatic hydroxyl groups is 1. The molecule has 0 aliphatic heterocycles. The average Bonchev–Trinajstić information content (AvgIpc) is 2.47. The van der Waals surface area contributed by atoms with Gasteiger partial charge in [-0.05, 0) is 31.5 Å². The minimum atomic E-state index is -0.553. The minimum absolute atomic E-state index is 0.198. The van der Waals surface area contributed by atoms with Crippen LogP contribution in [0.1, 0.15) is 25.0 Å². The summed E-state index contributed by atoms with van der Waals surface area (Å²) in [6, 6.07) is 9.50. The Morgan fingerprint density at radius 2 is 2.14 bits per heavy atom. The molecular formula is C16H24N2O3. The van der Waals surface area contributed by atoms with Crippen molar-refractivity contribution in [3.05, 3.63) is 35.4 Å². The standard InChI is InChI=1S/C16H24N2O3/c1-13(2)21-7-6-20-12-16(19)11-18-10-15-5-3-4-14(8-15)9-17/h3-5,8,13,16,18-19H,6-7,10-12H2,1-2H3. The molecule has 1 aromatic rings. The predicted octanol–water partition coefficient (Wildman–Crippen LogP) is 1.45. The van der Waals surface area contributed by atoms with Crippen LogP contribution >= 0.6 is 0 Å². The second-order valence-electron chi connectivity index (χ2n) is 5.09. The molecule has 0 fully saturated rings. The molecule has 0 spiro atoms. The summed E-state index contributed by atoms with van der Waals surface area (Å²) in [7, 11) is 0. The highest BCUT2D eigenvalue weighted by Gasteiger charge is 2.04. The van der Waals surface area contributed by atoms with Gasteiger partial charge in [-0.1, -0.05) is 12.1 Å². The van der Waals surface area contributed by atoms with Crippen LogP contribution in [0.15, 0.2) is 24.3 Å². The zero-order valence-corrected chi connectivity index (χ0v) is 12.7. The molecule has 5 heteroatoms. The Hall–Kier alpha value is -1.45. The number of ether oxygens (including phenoxy) is 2. The van der Waals surface area contributed by atoms with E-state index >= 15 is 0 Å². The fourth-order valence-corrected chi connectivity index (χ4v) is 1.75. The monoisotopic (exact) mass is 292 g/mol. The Labute approximate surface area is 126 Å². The summed E-state index contributed by atoms with van der Waals surface area (Å²) in [4.78, 5) is 0. The van der Waals surface area contributed by atoms with Gasteiger partial charge in [0.1, 0.15) is 0 Å². The molecule has 0 heterocycles. The lowest BCUT2D eigenvalue weighted by molar-refractivity contribution is -0.0100. The third-order valence-electron chi connectivity index (χ3n) is 2.75. The Morgan fingerprint density at radius 1 is 1.33 bits per heavy atom. The van der Waals surface area contributed by atoms with E-state index in [9.17, 15) is 5.11 Å². The zero-order chi connectivity index (χ0) is 15.5. The average molecular weight is 292 g/mol. The number of rotatable bonds is 10. The first-order chi connectivity index (χ1) is 10.1. The molecule has 1 unspecified atom stereocenters. The van der Waals surface area contributed by atoms with Crippen LogP contribution in [-0.4, -0.2) is 43.7 Å². The lowest BCUT2D eigenvalue weighted by Gasteiger charge is -2.13. The molecule has 0 saturated carbocycles. The second-order valence-corrected chi connectivity index (χ2v) is 5.09. The van der Waals surface area contributed by atoms with Gasteiger partial charge >= 0.3 is 0 Å². The summed E-state index contributed by atoms with van der Waals surface area (Å²) in [5.74, 6) is 0. The molecule has 0 aliphatic rings. The molecule has 0 radical (unpaired) electrons. The third-order valence-corrected chi connectivity index (χ3v) is 2.75. The zero-order valence-electron chi connectivity index (χ0n) is 12.7. The Balaban J connectivity index is 2.10. The number of aliphatic hydroxyl groups excluding tert-OH is 1. The maximum absolute atomic E-state index is 9.76. The van der Waals surface area contributed by atoms with Gasteiger partial charge in [0.2, 0.25) is 0 Å². The van der Waals surface area contributed by atoms with E-state index in [4.69, 9.17) is 14.7 Å². The van der Waals surface area contributed by atoms with E-state index in [1.807, 2.05) is 32.0 Å². The van der Waals surface area contributed by atoms with Crippen molar-refractivity contribution >= 4 is 0 Å². The quantitative estimate of drug-likeness (QED) is 0.638. The smallest absolute Gasteiger partial charge is 0.0991 e. The fourth-order valence-electron chi connectivity index (χ4n) is 1.75. The van der Waals surface area contributed by atoms with E-state index in [2.05, 4.69) is 11.4 Å². The van der Waals surface area contributed by atoms with Crippen molar-refractivity contribution in [3.8, 4) is 6.07 Å². The highest BCUT2D eigenvalue weighted by molar-refractivity contribution is 5.32. The van der Waals surface area contributed by atoms with Crippen LogP contribution in [0.3, 0.4) is 0 Å². The summed E-state index contributed by atoms with van der Waals surface area (Å²) < 4.78 is 10.7. The van der Waals surface area contributed by atoms with Gasteiger partial charge < -0.3 is 19.9 Å². The van der Waals surface area contributed by atoms with Crippen LogP contribution < -0.4 is 5.32 Å². The number of hydrogen-bond donors (Lipinski definition) is 2. The molecule has 5 nitrogen and oxygen atoms in total. The van der Waals surface area contributed by atoms with Crippen molar-refractivity contribution in [2.24, 2.45) is 0 Å². The van der Waals surface area contributed by atoms with E-state index in [0.717, 1.165) is 5.56 Å². The van der Waals surface area contributed by atoms with E-state index in [-0.39, 0.29) is 12.7 Å². The summed E-state index contributed by atoms with van der Waals surface area (Å²) >= 11 is 0. The highest BCUT2D eigenvalue weighted by atomic mass is 16.5. The van der Waals surface area contributed by atoms with E-state index in [0.29, 0.717) is 31.9 Å². The predicted molar refractivity (Wildman–Crippen MR) is 80.8 cm³/mol. The van der Waals surface area contributed by atoms with Crippen molar-refractivity contribution in [3.63, 3.8) is 0 Å². The lowest BCUT2D eigenvalue weighted by Crippen LogP contribution is -2.30. The number of hydrogen-bond acceptors (Lipinski definition) is 5. The number of nitrogens with zero attached hydrogens (tertiary/aromatic N) is 1. The molecular weight excluding hydrogens is 268 g/mol. The topological polar surface area (TPSA) is 74.5 Å². The largest absolute Gasteiger partial charge is 0.389 e. The SMILES string of the molecule is CC(C)OCCOCC(O)CNCc1cccc(C#N)c1. The molecule has 0 aliphatic carbocycles. The molecule has 1 atom stereocenters. The molecule has 0 saturated heterocycles. The van der Waals surface area contributed by atoms with Crippen LogP contribution in [-0.2, 0) is 16.0 Å². The molecule has 1 aromatic carbocycles. The Kier molecular flexibility index (Phi) is 8.63. The highest BCUT2D eigenvalue weighted by Crippen LogP contribution is 2.03. The first-order valence-electron chi connectivity index (χ1n) is 7.19. The van der Waals surface area contributed by atoms with Gasteiger partial charge in [0.05, 0.1) is 43.7 Å². The molecule has 21 heavy (non-hydrogen) atoms. The third kappa shape index (κ3) is 8.43. The van der Waals surface area contributed by atoms with Crippen LogP contribution in [0.5, 0.6) is 0 Å². The fraction of sp³-hybridized carbons (Fsp3) is 0.562. The molecule has 116 valence electrons. The van der Waals surface area contributed by atoms with Gasteiger partial charge in [-0.25, -0.2) is 0 Å². The van der Waals surface area contributed by atoms with Crippen molar-refractivity contribution in [1.82, 2.24) is 5.32 Å². The normalized spacial score (nSPS) is 12.3. The van der Waals surface area contributed by atoms with Crippen LogP contribution in [0.25, 0.3) is 0 Å². The van der Waals surface area contributed by atoms with Crippen molar-refractivity contribution in [2.75, 3.05) is 26.4 Å². The summed E-state index contributed by atoms with van der Waals surface area (Å²) in [6.45, 7) is 6.32. The molecule has 1 rings (SSSR count). The van der Waals surface area contributed by atoms with Crippen LogP contribution in [0, 0.1) is 11.3 Å². The van der Waals surface area contributed by atoms with E-state index in [1.165, 1.54) is 0 Å². The van der Waals surface area contributed by atoms with Gasteiger partial charge in [-0.3, -0.25) is 0 Å². The van der Waals surface area contributed by atoms with Crippen LogP contribution in [0.4, 0.5) is 0 Å². The minimum Gasteiger partial charge on any atom is -0.389 e. The Bertz CT molecular complexity index is 443. The maximum Gasteiger partial charge on any atom is 0.0991 e. The molecule has 0 bridgehead atoms. The molecule has 2 N–H and O–H groups in total.